The Morgan fingerprint density at radius 3 is 2.56 bits per heavy atom. The van der Waals surface area contributed by atoms with Crippen LogP contribution in [0, 0.1) is 0 Å². The average Bonchev–Trinajstić information content (AvgIpc) is 3.16. The summed E-state index contributed by atoms with van der Waals surface area (Å²) in [5.74, 6) is 1.35. The van der Waals surface area contributed by atoms with Crippen molar-refractivity contribution in [1.29, 1.82) is 0 Å². The molecule has 1 heterocycles. The van der Waals surface area contributed by atoms with Crippen LogP contribution in [0.25, 0.3) is 11.5 Å². The Balaban J connectivity index is 1.82. The van der Waals surface area contributed by atoms with Gasteiger partial charge in [0.05, 0.1) is 16.3 Å². The molecule has 0 atom stereocenters. The Labute approximate surface area is 208 Å². The highest BCUT2D eigenvalue weighted by Crippen LogP contribution is 2.34. The summed E-state index contributed by atoms with van der Waals surface area (Å²) < 4.78 is 6.75. The number of aryl methyl sites for hydroxylation is 1. The zero-order valence-electron chi connectivity index (χ0n) is 18.3. The van der Waals surface area contributed by atoms with Gasteiger partial charge in [-0.15, -0.1) is 0 Å². The number of aromatic nitrogens is 1. The number of carbonyl (C=O) groups is 1. The summed E-state index contributed by atoms with van der Waals surface area (Å²) in [6.07, 6.45) is 0.782. The van der Waals surface area contributed by atoms with Crippen LogP contribution in [0.15, 0.2) is 51.8 Å². The number of benzene rings is 2. The lowest BCUT2D eigenvalue weighted by Gasteiger charge is -2.14. The first-order valence-electron chi connectivity index (χ1n) is 10.1. The third kappa shape index (κ3) is 5.93. The highest BCUT2D eigenvalue weighted by atomic mass is 35.5. The van der Waals surface area contributed by atoms with Crippen molar-refractivity contribution in [2.45, 2.75) is 37.5 Å². The Morgan fingerprint density at radius 2 is 1.91 bits per heavy atom. The van der Waals surface area contributed by atoms with Gasteiger partial charge < -0.3 is 9.32 Å². The second-order valence-electron chi connectivity index (χ2n) is 7.79. The Bertz CT molecular complexity index is 1140. The number of nitrogens with zero attached hydrogens (tertiary/aromatic N) is 2. The lowest BCUT2D eigenvalue weighted by Crippen LogP contribution is -2.16. The molecule has 0 bridgehead atoms. The maximum absolute atomic E-state index is 13.1. The molecule has 0 saturated heterocycles. The molecule has 0 aliphatic rings. The molecule has 0 unspecified atom stereocenters. The highest BCUT2D eigenvalue weighted by Gasteiger charge is 2.21. The van der Waals surface area contributed by atoms with E-state index in [1.165, 1.54) is 11.8 Å². The van der Waals surface area contributed by atoms with E-state index in [1.54, 1.807) is 18.2 Å². The lowest BCUT2D eigenvalue weighted by molar-refractivity contribution is 0.0979. The number of oxazole rings is 1. The lowest BCUT2D eigenvalue weighted by atomic mass is 10.0. The Kier molecular flexibility index (Phi) is 8.39. The van der Waals surface area contributed by atoms with E-state index in [-0.39, 0.29) is 11.7 Å². The first-order valence-corrected chi connectivity index (χ1v) is 12.1. The summed E-state index contributed by atoms with van der Waals surface area (Å²) in [6, 6.07) is 12.7. The van der Waals surface area contributed by atoms with Crippen molar-refractivity contribution in [3.63, 3.8) is 0 Å². The molecule has 0 fully saturated rings. The predicted octanol–water partition coefficient (Wildman–Crippen LogP) is 7.53. The first kappa shape index (κ1) is 24.8. The molecule has 0 amide bonds. The van der Waals surface area contributed by atoms with Gasteiger partial charge >= 0.3 is 0 Å². The number of Topliss-reactive ketones (excluding diaryl/α,β-unsaturated/α-hetero) is 1. The fraction of sp³-hybridized carbons (Fsp3) is 0.292. The van der Waals surface area contributed by atoms with Crippen LogP contribution in [-0.2, 0) is 6.42 Å². The number of ketones is 1. The van der Waals surface area contributed by atoms with E-state index >= 15 is 0 Å². The molecule has 0 N–H and O–H groups in total. The summed E-state index contributed by atoms with van der Waals surface area (Å²) in [5, 5.41) is 1.02. The highest BCUT2D eigenvalue weighted by molar-refractivity contribution is 8.23. The van der Waals surface area contributed by atoms with Gasteiger partial charge in [-0.05, 0) is 24.3 Å². The number of thiocarbonyl (C=S) groups is 1. The van der Waals surface area contributed by atoms with E-state index in [0.717, 1.165) is 16.3 Å². The fourth-order valence-corrected chi connectivity index (χ4v) is 4.68. The minimum Gasteiger partial charge on any atom is -0.441 e. The van der Waals surface area contributed by atoms with Crippen LogP contribution in [-0.4, -0.2) is 34.1 Å². The van der Waals surface area contributed by atoms with E-state index in [4.69, 9.17) is 39.8 Å². The smallest absolute Gasteiger partial charge is 0.228 e. The van der Waals surface area contributed by atoms with Crippen LogP contribution in [0.3, 0.4) is 0 Å². The van der Waals surface area contributed by atoms with E-state index in [1.807, 2.05) is 57.1 Å². The number of thioether (sulfide) groups is 1. The molecule has 3 rings (SSSR count). The van der Waals surface area contributed by atoms with Crippen LogP contribution in [0.5, 0.6) is 0 Å². The largest absolute Gasteiger partial charge is 0.441 e. The van der Waals surface area contributed by atoms with Crippen molar-refractivity contribution in [1.82, 2.24) is 9.88 Å². The third-order valence-corrected chi connectivity index (χ3v) is 7.03. The molecule has 8 heteroatoms. The van der Waals surface area contributed by atoms with Gasteiger partial charge in [0.2, 0.25) is 5.89 Å². The zero-order valence-corrected chi connectivity index (χ0v) is 21.5. The first-order chi connectivity index (χ1) is 15.2. The number of carbonyl (C=O) groups excluding carboxylic acids is 1. The molecular weight excluding hydrogens is 483 g/mol. The molecule has 1 aromatic heterocycles. The minimum absolute atomic E-state index is 0.0402. The molecular formula is C24H24Cl2N2O2S2. The van der Waals surface area contributed by atoms with Gasteiger partial charge in [-0.25, -0.2) is 4.98 Å². The quantitative estimate of drug-likeness (QED) is 0.187. The van der Waals surface area contributed by atoms with Gasteiger partial charge in [-0.2, -0.15) is 0 Å². The molecule has 0 radical (unpaired) electrons. The molecule has 0 spiro atoms. The molecule has 4 nitrogen and oxygen atoms in total. The van der Waals surface area contributed by atoms with E-state index in [9.17, 15) is 4.79 Å². The van der Waals surface area contributed by atoms with E-state index < -0.39 is 0 Å². The van der Waals surface area contributed by atoms with E-state index in [2.05, 4.69) is 4.98 Å². The molecule has 32 heavy (non-hydrogen) atoms. The van der Waals surface area contributed by atoms with Crippen LogP contribution < -0.4 is 0 Å². The summed E-state index contributed by atoms with van der Waals surface area (Å²) in [5.41, 5.74) is 2.11. The molecule has 0 aliphatic heterocycles. The van der Waals surface area contributed by atoms with E-state index in [0.29, 0.717) is 44.2 Å². The van der Waals surface area contributed by atoms with Crippen LogP contribution in [0.2, 0.25) is 10.0 Å². The molecule has 0 aliphatic carbocycles. The second kappa shape index (κ2) is 10.8. The molecule has 2 aromatic carbocycles. The van der Waals surface area contributed by atoms with Crippen molar-refractivity contribution < 1.29 is 9.21 Å². The van der Waals surface area contributed by atoms with Gasteiger partial charge in [-0.1, -0.05) is 79.2 Å². The second-order valence-corrected chi connectivity index (χ2v) is 10.3. The molecule has 168 valence electrons. The third-order valence-electron chi connectivity index (χ3n) is 4.75. The van der Waals surface area contributed by atoms with Crippen molar-refractivity contribution in [3.05, 3.63) is 69.5 Å². The predicted molar refractivity (Wildman–Crippen MR) is 137 cm³/mol. The van der Waals surface area contributed by atoms with Gasteiger partial charge in [0, 0.05) is 48.3 Å². The van der Waals surface area contributed by atoms with Crippen LogP contribution in [0.4, 0.5) is 0 Å². The number of rotatable bonds is 7. The molecule has 0 saturated carbocycles. The van der Waals surface area contributed by atoms with Crippen LogP contribution >= 0.6 is 47.2 Å². The standard InChI is InChI=1S/C24H24Cl2N2O2S2/c1-14(2)22-19(27-23(30-22)16-10-9-15(25)13-18(16)26)11-12-20(29)17-7-5-6-8-21(17)32-24(31)28(3)4/h5-10,13-14H,11-12H2,1-4H3. The molecule has 3 aromatic rings. The summed E-state index contributed by atoms with van der Waals surface area (Å²) in [4.78, 5) is 20.5. The summed E-state index contributed by atoms with van der Waals surface area (Å²) in [7, 11) is 3.78. The minimum atomic E-state index is 0.0402. The fourth-order valence-electron chi connectivity index (χ4n) is 3.11. The zero-order chi connectivity index (χ0) is 23.4. The maximum Gasteiger partial charge on any atom is 0.228 e. The van der Waals surface area contributed by atoms with Crippen molar-refractivity contribution in [2.24, 2.45) is 0 Å². The van der Waals surface area contributed by atoms with Gasteiger partial charge in [0.15, 0.2) is 5.78 Å². The van der Waals surface area contributed by atoms with Crippen molar-refractivity contribution >= 4 is 57.3 Å². The van der Waals surface area contributed by atoms with Crippen molar-refractivity contribution in [3.8, 4) is 11.5 Å². The number of halogens is 2. The number of hydrogen-bond acceptors (Lipinski definition) is 5. The monoisotopic (exact) mass is 506 g/mol. The SMILES string of the molecule is CC(C)c1oc(-c2ccc(Cl)cc2Cl)nc1CCC(=O)c1ccccc1SC(=S)N(C)C. The number of hydrogen-bond donors (Lipinski definition) is 0. The van der Waals surface area contributed by atoms with Gasteiger partial charge in [-0.3, -0.25) is 4.79 Å². The van der Waals surface area contributed by atoms with Gasteiger partial charge in [0.1, 0.15) is 10.1 Å². The topological polar surface area (TPSA) is 46.3 Å². The van der Waals surface area contributed by atoms with Crippen molar-refractivity contribution in [2.75, 3.05) is 14.1 Å². The maximum atomic E-state index is 13.1. The Hall–Kier alpha value is -1.86. The summed E-state index contributed by atoms with van der Waals surface area (Å²) in [6.45, 7) is 4.07. The van der Waals surface area contributed by atoms with Gasteiger partial charge in [0.25, 0.3) is 0 Å². The Morgan fingerprint density at radius 1 is 1.19 bits per heavy atom. The van der Waals surface area contributed by atoms with Crippen LogP contribution in [0.1, 0.15) is 48.0 Å². The summed E-state index contributed by atoms with van der Waals surface area (Å²) >= 11 is 19.2. The average molecular weight is 508 g/mol. The normalized spacial score (nSPS) is 11.1.